The van der Waals surface area contributed by atoms with E-state index >= 15 is 0 Å². The zero-order chi connectivity index (χ0) is 21.1. The second kappa shape index (κ2) is 7.26. The van der Waals surface area contributed by atoms with Crippen molar-refractivity contribution in [2.24, 2.45) is 29.1 Å². The lowest BCUT2D eigenvalue weighted by Crippen LogP contribution is -2.69. The van der Waals surface area contributed by atoms with Crippen molar-refractivity contribution in [3.05, 3.63) is 24.3 Å². The van der Waals surface area contributed by atoms with Gasteiger partial charge in [-0.3, -0.25) is 14.6 Å². The van der Waals surface area contributed by atoms with E-state index in [0.29, 0.717) is 30.7 Å². The number of hydrogen-bond acceptors (Lipinski definition) is 5. The quantitative estimate of drug-likeness (QED) is 0.803. The van der Waals surface area contributed by atoms with E-state index in [4.69, 9.17) is 4.74 Å². The van der Waals surface area contributed by atoms with E-state index in [2.05, 4.69) is 20.2 Å². The first-order valence-electron chi connectivity index (χ1n) is 12.0. The number of likely N-dealkylation sites (tertiary alicyclic amines) is 1. The van der Waals surface area contributed by atoms with Crippen LogP contribution >= 0.6 is 0 Å². The predicted molar refractivity (Wildman–Crippen MR) is 113 cm³/mol. The highest BCUT2D eigenvalue weighted by Crippen LogP contribution is 2.61. The molecule has 7 nitrogen and oxygen atoms in total. The molecule has 166 valence electrons. The van der Waals surface area contributed by atoms with Gasteiger partial charge in [0, 0.05) is 18.9 Å². The number of hydrogen-bond donors (Lipinski definition) is 1. The Balaban J connectivity index is 0.992. The van der Waals surface area contributed by atoms with Gasteiger partial charge in [-0.2, -0.15) is 0 Å². The van der Waals surface area contributed by atoms with Crippen LogP contribution in [0.1, 0.15) is 61.9 Å². The van der Waals surface area contributed by atoms with Crippen molar-refractivity contribution in [1.82, 2.24) is 20.2 Å². The highest BCUT2D eigenvalue weighted by molar-refractivity contribution is 5.91. The molecule has 6 fully saturated rings. The molecule has 6 aliphatic rings. The van der Waals surface area contributed by atoms with Gasteiger partial charge in [0.2, 0.25) is 5.91 Å². The Kier molecular flexibility index (Phi) is 4.60. The second-order valence-electron chi connectivity index (χ2n) is 11.1. The standard InChI is InChI=1S/C24H32N4O3/c29-21(20-12-25-3-4-26-20)27-11-16-1-2-24(31-13-16)14-28(15-24)22(30)23-8-17-5-18(9-23)7-19(6-17)10-23/h3-4,12,16-19H,1-2,5-11,13-15H2,(H,27,29). The van der Waals surface area contributed by atoms with Gasteiger partial charge in [-0.15, -0.1) is 0 Å². The van der Waals surface area contributed by atoms with Crippen LogP contribution in [0.4, 0.5) is 0 Å². The van der Waals surface area contributed by atoms with Crippen molar-refractivity contribution in [2.45, 2.75) is 57.0 Å². The molecule has 2 aliphatic heterocycles. The minimum absolute atomic E-state index is 0.0435. The topological polar surface area (TPSA) is 84.4 Å². The third kappa shape index (κ3) is 3.45. The number of aromatic nitrogens is 2. The summed E-state index contributed by atoms with van der Waals surface area (Å²) in [6, 6.07) is 0. The van der Waals surface area contributed by atoms with E-state index in [9.17, 15) is 9.59 Å². The lowest BCUT2D eigenvalue weighted by Gasteiger charge is -2.60. The van der Waals surface area contributed by atoms with Crippen LogP contribution in [-0.4, -0.2) is 58.5 Å². The highest BCUT2D eigenvalue weighted by atomic mass is 16.5. The number of carbonyl (C=O) groups is 2. The van der Waals surface area contributed by atoms with Gasteiger partial charge in [0.05, 0.1) is 31.3 Å². The molecule has 0 radical (unpaired) electrons. The molecule has 7 heteroatoms. The highest BCUT2D eigenvalue weighted by Gasteiger charge is 2.58. The summed E-state index contributed by atoms with van der Waals surface area (Å²) in [5.74, 6) is 2.94. The molecule has 1 unspecified atom stereocenters. The maximum absolute atomic E-state index is 13.5. The fourth-order valence-corrected chi connectivity index (χ4v) is 7.57. The summed E-state index contributed by atoms with van der Waals surface area (Å²) < 4.78 is 6.28. The van der Waals surface area contributed by atoms with Gasteiger partial charge in [0.25, 0.3) is 5.91 Å². The van der Waals surface area contributed by atoms with E-state index in [-0.39, 0.29) is 16.9 Å². The molecule has 1 atom stereocenters. The van der Waals surface area contributed by atoms with Crippen molar-refractivity contribution in [2.75, 3.05) is 26.2 Å². The Hall–Kier alpha value is -2.02. The Morgan fingerprint density at radius 2 is 1.81 bits per heavy atom. The van der Waals surface area contributed by atoms with Crippen LogP contribution in [0.3, 0.4) is 0 Å². The molecule has 4 bridgehead atoms. The SMILES string of the molecule is O=C(NCC1CCC2(CN(C(=O)C34CC5CC(CC(C5)C3)C4)C2)OC1)c1cnccn1. The lowest BCUT2D eigenvalue weighted by molar-refractivity contribution is -0.202. The van der Waals surface area contributed by atoms with Crippen molar-refractivity contribution in [3.8, 4) is 0 Å². The van der Waals surface area contributed by atoms with Crippen molar-refractivity contribution in [1.29, 1.82) is 0 Å². The average molecular weight is 425 g/mol. The zero-order valence-electron chi connectivity index (χ0n) is 18.1. The van der Waals surface area contributed by atoms with E-state index in [0.717, 1.165) is 62.9 Å². The van der Waals surface area contributed by atoms with Gasteiger partial charge in [-0.1, -0.05) is 0 Å². The molecule has 1 spiro atoms. The predicted octanol–water partition coefficient (Wildman–Crippen LogP) is 2.43. The van der Waals surface area contributed by atoms with Gasteiger partial charge < -0.3 is 15.0 Å². The van der Waals surface area contributed by atoms with Gasteiger partial charge in [-0.25, -0.2) is 4.98 Å². The largest absolute Gasteiger partial charge is 0.371 e. The minimum atomic E-state index is -0.190. The van der Waals surface area contributed by atoms with E-state index in [1.54, 1.807) is 6.20 Å². The van der Waals surface area contributed by atoms with Crippen LogP contribution in [0.15, 0.2) is 18.6 Å². The number of carbonyl (C=O) groups excluding carboxylic acids is 2. The van der Waals surface area contributed by atoms with E-state index < -0.39 is 0 Å². The first-order valence-corrected chi connectivity index (χ1v) is 12.0. The molecule has 4 aliphatic carbocycles. The lowest BCUT2D eigenvalue weighted by atomic mass is 9.49. The Morgan fingerprint density at radius 1 is 1.10 bits per heavy atom. The molecule has 2 saturated heterocycles. The minimum Gasteiger partial charge on any atom is -0.371 e. The summed E-state index contributed by atoms with van der Waals surface area (Å²) in [5, 5.41) is 2.95. The summed E-state index contributed by atoms with van der Waals surface area (Å²) in [4.78, 5) is 35.7. The van der Waals surface area contributed by atoms with Crippen molar-refractivity contribution in [3.63, 3.8) is 0 Å². The van der Waals surface area contributed by atoms with Crippen molar-refractivity contribution >= 4 is 11.8 Å². The van der Waals surface area contributed by atoms with Crippen LogP contribution < -0.4 is 5.32 Å². The molecule has 7 rings (SSSR count). The zero-order valence-corrected chi connectivity index (χ0v) is 18.1. The van der Waals surface area contributed by atoms with Crippen LogP contribution in [-0.2, 0) is 9.53 Å². The number of ether oxygens (including phenoxy) is 1. The molecule has 0 aromatic carbocycles. The summed E-state index contributed by atoms with van der Waals surface area (Å²) in [7, 11) is 0. The fraction of sp³-hybridized carbons (Fsp3) is 0.750. The molecular weight excluding hydrogens is 392 g/mol. The third-order valence-corrected chi connectivity index (χ3v) is 8.72. The number of nitrogens with one attached hydrogen (secondary N) is 1. The first kappa shape index (κ1) is 19.6. The summed E-state index contributed by atoms with van der Waals surface area (Å²) in [6.07, 6.45) is 14.0. The summed E-state index contributed by atoms with van der Waals surface area (Å²) in [6.45, 7) is 2.74. The van der Waals surface area contributed by atoms with E-state index in [1.807, 2.05) is 0 Å². The van der Waals surface area contributed by atoms with E-state index in [1.165, 1.54) is 31.7 Å². The second-order valence-corrected chi connectivity index (χ2v) is 11.1. The van der Waals surface area contributed by atoms with Crippen LogP contribution in [0.2, 0.25) is 0 Å². The molecule has 31 heavy (non-hydrogen) atoms. The number of rotatable bonds is 4. The monoisotopic (exact) mass is 424 g/mol. The smallest absolute Gasteiger partial charge is 0.271 e. The molecule has 1 aromatic heterocycles. The summed E-state index contributed by atoms with van der Waals surface area (Å²) in [5.41, 5.74) is 0.148. The average Bonchev–Trinajstić information content (AvgIpc) is 2.75. The summed E-state index contributed by atoms with van der Waals surface area (Å²) >= 11 is 0. The van der Waals surface area contributed by atoms with Crippen LogP contribution in [0, 0.1) is 29.1 Å². The Bertz CT molecular complexity index is 822. The molecule has 4 saturated carbocycles. The van der Waals surface area contributed by atoms with Gasteiger partial charge in [-0.05, 0) is 75.0 Å². The molecular formula is C24H32N4O3. The number of amides is 2. The molecule has 1 N–H and O–H groups in total. The van der Waals surface area contributed by atoms with Gasteiger partial charge in [0.15, 0.2) is 0 Å². The van der Waals surface area contributed by atoms with Crippen molar-refractivity contribution < 1.29 is 14.3 Å². The molecule has 1 aromatic rings. The third-order valence-electron chi connectivity index (χ3n) is 8.72. The van der Waals surface area contributed by atoms with Crippen LogP contribution in [0.25, 0.3) is 0 Å². The normalized spacial score (nSPS) is 37.5. The van der Waals surface area contributed by atoms with Gasteiger partial charge in [0.1, 0.15) is 11.3 Å². The molecule has 2 amide bonds. The first-order chi connectivity index (χ1) is 15.0. The van der Waals surface area contributed by atoms with Crippen LogP contribution in [0.5, 0.6) is 0 Å². The van der Waals surface area contributed by atoms with Gasteiger partial charge >= 0.3 is 0 Å². The fourth-order valence-electron chi connectivity index (χ4n) is 7.57. The maximum atomic E-state index is 13.5. The Labute approximate surface area is 183 Å². The maximum Gasteiger partial charge on any atom is 0.271 e. The Morgan fingerprint density at radius 3 is 2.39 bits per heavy atom. The number of nitrogens with zero attached hydrogens (tertiary/aromatic N) is 3. The molecule has 3 heterocycles.